The average molecular weight is 219 g/mol. The lowest BCUT2D eigenvalue weighted by Gasteiger charge is -2.10. The van der Waals surface area contributed by atoms with E-state index in [1.54, 1.807) is 13.2 Å². The number of hydrogen-bond donors (Lipinski definition) is 0. The molecule has 0 radical (unpaired) electrons. The number of ether oxygens (including phenoxy) is 2. The highest BCUT2D eigenvalue weighted by Gasteiger charge is 2.18. The lowest BCUT2D eigenvalue weighted by atomic mass is 9.98. The van der Waals surface area contributed by atoms with E-state index < -0.39 is 0 Å². The van der Waals surface area contributed by atoms with Crippen molar-refractivity contribution < 1.29 is 14.3 Å². The SMILES string of the molecule is COc1ccc(C2CCOC2)cc1N=C=O. The van der Waals surface area contributed by atoms with E-state index in [1.165, 1.54) is 0 Å². The van der Waals surface area contributed by atoms with Gasteiger partial charge in [-0.25, -0.2) is 4.79 Å². The van der Waals surface area contributed by atoms with Crippen LogP contribution >= 0.6 is 0 Å². The fourth-order valence-corrected chi connectivity index (χ4v) is 1.89. The van der Waals surface area contributed by atoms with E-state index in [2.05, 4.69) is 4.99 Å². The van der Waals surface area contributed by atoms with Gasteiger partial charge in [-0.2, -0.15) is 4.99 Å². The van der Waals surface area contributed by atoms with Gasteiger partial charge in [0.2, 0.25) is 6.08 Å². The monoisotopic (exact) mass is 219 g/mol. The molecule has 2 rings (SSSR count). The van der Waals surface area contributed by atoms with Crippen LogP contribution in [0.4, 0.5) is 5.69 Å². The van der Waals surface area contributed by atoms with Gasteiger partial charge >= 0.3 is 0 Å². The minimum atomic E-state index is 0.395. The Morgan fingerprint density at radius 2 is 2.44 bits per heavy atom. The third-order valence-corrected chi connectivity index (χ3v) is 2.77. The first-order valence-electron chi connectivity index (χ1n) is 5.18. The summed E-state index contributed by atoms with van der Waals surface area (Å²) >= 11 is 0. The summed E-state index contributed by atoms with van der Waals surface area (Å²) < 4.78 is 10.4. The molecule has 1 atom stereocenters. The molecular weight excluding hydrogens is 206 g/mol. The van der Waals surface area contributed by atoms with Gasteiger partial charge in [-0.05, 0) is 24.1 Å². The first-order chi connectivity index (χ1) is 7.85. The Morgan fingerprint density at radius 3 is 3.06 bits per heavy atom. The van der Waals surface area contributed by atoms with Crippen molar-refractivity contribution in [1.82, 2.24) is 0 Å². The number of isocyanates is 1. The highest BCUT2D eigenvalue weighted by atomic mass is 16.5. The van der Waals surface area contributed by atoms with Gasteiger partial charge in [-0.15, -0.1) is 0 Å². The van der Waals surface area contributed by atoms with Gasteiger partial charge in [0.15, 0.2) is 0 Å². The number of rotatable bonds is 3. The smallest absolute Gasteiger partial charge is 0.240 e. The van der Waals surface area contributed by atoms with Crippen molar-refractivity contribution in [1.29, 1.82) is 0 Å². The van der Waals surface area contributed by atoms with Gasteiger partial charge in [-0.1, -0.05) is 6.07 Å². The molecule has 0 bridgehead atoms. The second-order valence-corrected chi connectivity index (χ2v) is 3.69. The van der Waals surface area contributed by atoms with Crippen molar-refractivity contribution in [3.63, 3.8) is 0 Å². The standard InChI is InChI=1S/C12H13NO3/c1-15-12-3-2-9(6-11(12)13-8-14)10-4-5-16-7-10/h2-3,6,10H,4-5,7H2,1H3. The lowest BCUT2D eigenvalue weighted by molar-refractivity contribution is 0.194. The summed E-state index contributed by atoms with van der Waals surface area (Å²) in [5, 5.41) is 0. The number of carbonyl (C=O) groups excluding carboxylic acids is 1. The zero-order chi connectivity index (χ0) is 11.4. The summed E-state index contributed by atoms with van der Waals surface area (Å²) in [6.45, 7) is 1.53. The van der Waals surface area contributed by atoms with Crippen molar-refractivity contribution in [3.05, 3.63) is 23.8 Å². The maximum absolute atomic E-state index is 10.3. The average Bonchev–Trinajstić information content (AvgIpc) is 2.83. The van der Waals surface area contributed by atoms with E-state index >= 15 is 0 Å². The summed E-state index contributed by atoms with van der Waals surface area (Å²) in [4.78, 5) is 13.9. The van der Waals surface area contributed by atoms with Gasteiger partial charge in [0.25, 0.3) is 0 Å². The Morgan fingerprint density at radius 1 is 1.56 bits per heavy atom. The minimum absolute atomic E-state index is 0.395. The fourth-order valence-electron chi connectivity index (χ4n) is 1.89. The zero-order valence-corrected chi connectivity index (χ0v) is 9.10. The Balaban J connectivity index is 2.33. The number of nitrogens with zero attached hydrogens (tertiary/aromatic N) is 1. The molecule has 4 nitrogen and oxygen atoms in total. The molecule has 0 spiro atoms. The van der Waals surface area contributed by atoms with E-state index in [9.17, 15) is 4.79 Å². The normalized spacial score (nSPS) is 19.2. The molecule has 1 saturated heterocycles. The quantitative estimate of drug-likeness (QED) is 0.578. The van der Waals surface area contributed by atoms with E-state index in [0.29, 0.717) is 17.4 Å². The van der Waals surface area contributed by atoms with Crippen LogP contribution in [0.5, 0.6) is 5.75 Å². The number of aliphatic imine (C=N–C) groups is 1. The summed E-state index contributed by atoms with van der Waals surface area (Å²) in [6, 6.07) is 5.68. The van der Waals surface area contributed by atoms with Crippen molar-refractivity contribution >= 4 is 11.8 Å². The maximum Gasteiger partial charge on any atom is 0.240 e. The van der Waals surface area contributed by atoms with Gasteiger partial charge in [-0.3, -0.25) is 0 Å². The summed E-state index contributed by atoms with van der Waals surface area (Å²) in [5.74, 6) is 0.984. The number of methoxy groups -OCH3 is 1. The first-order valence-corrected chi connectivity index (χ1v) is 5.18. The Bertz CT molecular complexity index is 418. The molecule has 0 N–H and O–H groups in total. The van der Waals surface area contributed by atoms with Crippen LogP contribution in [-0.4, -0.2) is 26.4 Å². The molecule has 0 aromatic heterocycles. The lowest BCUT2D eigenvalue weighted by Crippen LogP contribution is -1.97. The molecule has 84 valence electrons. The molecule has 1 heterocycles. The van der Waals surface area contributed by atoms with Crippen LogP contribution in [0.3, 0.4) is 0 Å². The van der Waals surface area contributed by atoms with Gasteiger partial charge in [0.05, 0.1) is 13.7 Å². The highest BCUT2D eigenvalue weighted by Crippen LogP contribution is 2.33. The van der Waals surface area contributed by atoms with Crippen LogP contribution in [0.25, 0.3) is 0 Å². The Kier molecular flexibility index (Phi) is 3.34. The van der Waals surface area contributed by atoms with Crippen LogP contribution in [-0.2, 0) is 9.53 Å². The first kappa shape index (κ1) is 10.9. The van der Waals surface area contributed by atoms with Crippen LogP contribution in [0.1, 0.15) is 17.9 Å². The topological polar surface area (TPSA) is 47.9 Å². The van der Waals surface area contributed by atoms with E-state index in [4.69, 9.17) is 9.47 Å². The zero-order valence-electron chi connectivity index (χ0n) is 9.10. The molecule has 4 heteroatoms. The maximum atomic E-state index is 10.3. The summed E-state index contributed by atoms with van der Waals surface area (Å²) in [7, 11) is 1.55. The largest absolute Gasteiger partial charge is 0.494 e. The molecule has 0 saturated carbocycles. The van der Waals surface area contributed by atoms with Gasteiger partial charge in [0.1, 0.15) is 11.4 Å². The Hall–Kier alpha value is -1.64. The fraction of sp³-hybridized carbons (Fsp3) is 0.417. The van der Waals surface area contributed by atoms with Gasteiger partial charge < -0.3 is 9.47 Å². The van der Waals surface area contributed by atoms with Crippen molar-refractivity contribution in [2.75, 3.05) is 20.3 Å². The molecule has 1 aromatic carbocycles. The molecule has 0 amide bonds. The minimum Gasteiger partial charge on any atom is -0.494 e. The predicted molar refractivity (Wildman–Crippen MR) is 59.0 cm³/mol. The van der Waals surface area contributed by atoms with Gasteiger partial charge in [0, 0.05) is 12.5 Å². The predicted octanol–water partition coefficient (Wildman–Crippen LogP) is 2.17. The molecule has 16 heavy (non-hydrogen) atoms. The second kappa shape index (κ2) is 4.92. The summed E-state index contributed by atoms with van der Waals surface area (Å²) in [6.07, 6.45) is 2.55. The van der Waals surface area contributed by atoms with Crippen molar-refractivity contribution in [2.24, 2.45) is 4.99 Å². The number of hydrogen-bond acceptors (Lipinski definition) is 4. The molecule has 1 aliphatic rings. The van der Waals surface area contributed by atoms with Crippen LogP contribution in [0, 0.1) is 0 Å². The molecule has 1 aliphatic heterocycles. The van der Waals surface area contributed by atoms with E-state index in [-0.39, 0.29) is 0 Å². The third kappa shape index (κ3) is 2.13. The summed E-state index contributed by atoms with van der Waals surface area (Å²) in [5.41, 5.74) is 1.66. The highest BCUT2D eigenvalue weighted by molar-refractivity contribution is 5.59. The van der Waals surface area contributed by atoms with Crippen LogP contribution in [0.2, 0.25) is 0 Å². The van der Waals surface area contributed by atoms with E-state index in [0.717, 1.165) is 25.2 Å². The van der Waals surface area contributed by atoms with Crippen molar-refractivity contribution in [3.8, 4) is 5.75 Å². The third-order valence-electron chi connectivity index (χ3n) is 2.77. The van der Waals surface area contributed by atoms with Crippen LogP contribution < -0.4 is 4.74 Å². The molecular formula is C12H13NO3. The molecule has 1 aromatic rings. The molecule has 1 fully saturated rings. The van der Waals surface area contributed by atoms with Crippen molar-refractivity contribution in [2.45, 2.75) is 12.3 Å². The molecule has 0 aliphatic carbocycles. The second-order valence-electron chi connectivity index (χ2n) is 3.69. The Labute approximate surface area is 93.9 Å². The van der Waals surface area contributed by atoms with E-state index in [1.807, 2.05) is 18.2 Å². The van der Waals surface area contributed by atoms with Crippen LogP contribution in [0.15, 0.2) is 23.2 Å². The number of benzene rings is 1. The molecule has 1 unspecified atom stereocenters.